The van der Waals surface area contributed by atoms with E-state index in [2.05, 4.69) is 20.6 Å². The van der Waals surface area contributed by atoms with E-state index >= 15 is 0 Å². The summed E-state index contributed by atoms with van der Waals surface area (Å²) < 4.78 is 24.4. The molecule has 162 valence electrons. The molecule has 5 rings (SSSR count). The van der Waals surface area contributed by atoms with Gasteiger partial charge in [-0.25, -0.2) is 13.4 Å². The first kappa shape index (κ1) is 20.2. The molecule has 0 spiro atoms. The third-order valence-electron chi connectivity index (χ3n) is 6.43. The molecule has 1 amide bonds. The number of carbonyl (C=O) groups excluding carboxylic acids is 1. The number of aromatic amines is 1. The van der Waals surface area contributed by atoms with E-state index in [4.69, 9.17) is 0 Å². The maximum atomic E-state index is 12.6. The first-order chi connectivity index (χ1) is 14.8. The zero-order valence-electron chi connectivity index (χ0n) is 17.7. The SMILES string of the molecule is CNCc1cnc(NC(=O)C2CC2)c2[nH]c(-c3ccccc3C3(S(C)(=O)=O)CC3)cc12. The van der Waals surface area contributed by atoms with E-state index in [0.29, 0.717) is 25.2 Å². The van der Waals surface area contributed by atoms with Gasteiger partial charge >= 0.3 is 0 Å². The van der Waals surface area contributed by atoms with Crippen molar-refractivity contribution in [2.75, 3.05) is 18.6 Å². The number of aromatic nitrogens is 2. The molecule has 7 nitrogen and oxygen atoms in total. The highest BCUT2D eigenvalue weighted by molar-refractivity contribution is 7.92. The minimum Gasteiger partial charge on any atom is -0.351 e. The van der Waals surface area contributed by atoms with Crippen LogP contribution in [0.4, 0.5) is 5.82 Å². The molecule has 8 heteroatoms. The van der Waals surface area contributed by atoms with Gasteiger partial charge in [0.15, 0.2) is 15.7 Å². The molecule has 0 aliphatic heterocycles. The number of nitrogens with one attached hydrogen (secondary N) is 3. The summed E-state index contributed by atoms with van der Waals surface area (Å²) in [6.45, 7) is 0.632. The van der Waals surface area contributed by atoms with E-state index in [9.17, 15) is 13.2 Å². The zero-order valence-corrected chi connectivity index (χ0v) is 18.5. The number of pyridine rings is 1. The minimum absolute atomic E-state index is 0.000673. The van der Waals surface area contributed by atoms with Crippen molar-refractivity contribution in [3.63, 3.8) is 0 Å². The number of anilines is 1. The lowest BCUT2D eigenvalue weighted by Crippen LogP contribution is -2.20. The summed E-state index contributed by atoms with van der Waals surface area (Å²) >= 11 is 0. The maximum absolute atomic E-state index is 12.6. The van der Waals surface area contributed by atoms with Gasteiger partial charge in [0.05, 0.1) is 10.3 Å². The van der Waals surface area contributed by atoms with E-state index in [1.54, 1.807) is 6.20 Å². The summed E-state index contributed by atoms with van der Waals surface area (Å²) in [6, 6.07) is 9.72. The summed E-state index contributed by atoms with van der Waals surface area (Å²) in [6.07, 6.45) is 6.22. The van der Waals surface area contributed by atoms with Crippen molar-refractivity contribution in [1.82, 2.24) is 15.3 Å². The van der Waals surface area contributed by atoms with Gasteiger partial charge < -0.3 is 15.6 Å². The Morgan fingerprint density at radius 1 is 1.26 bits per heavy atom. The largest absolute Gasteiger partial charge is 0.351 e. The molecule has 0 saturated heterocycles. The number of carbonyl (C=O) groups is 1. The van der Waals surface area contributed by atoms with Crippen LogP contribution in [0.3, 0.4) is 0 Å². The Balaban J connectivity index is 1.65. The van der Waals surface area contributed by atoms with Crippen molar-refractivity contribution in [2.45, 2.75) is 37.0 Å². The molecule has 2 fully saturated rings. The molecule has 2 aliphatic carbocycles. The van der Waals surface area contributed by atoms with Crippen LogP contribution >= 0.6 is 0 Å². The molecule has 2 aromatic heterocycles. The molecule has 31 heavy (non-hydrogen) atoms. The van der Waals surface area contributed by atoms with Gasteiger partial charge in [0.1, 0.15) is 0 Å². The topological polar surface area (TPSA) is 104 Å². The number of nitrogens with zero attached hydrogens (tertiary/aromatic N) is 1. The number of fused-ring (bicyclic) bond motifs is 1. The van der Waals surface area contributed by atoms with E-state index in [1.807, 2.05) is 37.4 Å². The molecule has 0 unspecified atom stereocenters. The number of hydrogen-bond acceptors (Lipinski definition) is 5. The van der Waals surface area contributed by atoms with Gasteiger partial charge in [-0.15, -0.1) is 0 Å². The lowest BCUT2D eigenvalue weighted by Gasteiger charge is -2.17. The molecule has 0 bridgehead atoms. The Hall–Kier alpha value is -2.71. The Kier molecular flexibility index (Phi) is 4.67. The summed E-state index contributed by atoms with van der Waals surface area (Å²) in [5, 5.41) is 7.09. The Morgan fingerprint density at radius 2 is 2.00 bits per heavy atom. The van der Waals surface area contributed by atoms with Crippen LogP contribution in [0.15, 0.2) is 36.5 Å². The van der Waals surface area contributed by atoms with Crippen LogP contribution in [0.2, 0.25) is 0 Å². The van der Waals surface area contributed by atoms with Crippen LogP contribution in [0, 0.1) is 5.92 Å². The zero-order chi connectivity index (χ0) is 21.8. The predicted molar refractivity (Wildman–Crippen MR) is 121 cm³/mol. The van der Waals surface area contributed by atoms with Crippen LogP contribution in [0.5, 0.6) is 0 Å². The molecule has 0 radical (unpaired) electrons. The number of amides is 1. The maximum Gasteiger partial charge on any atom is 0.228 e. The second kappa shape index (κ2) is 7.17. The molecule has 2 saturated carbocycles. The van der Waals surface area contributed by atoms with Crippen LogP contribution < -0.4 is 10.6 Å². The van der Waals surface area contributed by atoms with E-state index in [0.717, 1.165) is 46.1 Å². The highest BCUT2D eigenvalue weighted by atomic mass is 32.2. The average Bonchev–Trinajstić information content (AvgIpc) is 3.65. The van der Waals surface area contributed by atoms with Gasteiger partial charge in [-0.3, -0.25) is 4.79 Å². The first-order valence-electron chi connectivity index (χ1n) is 10.6. The number of rotatable bonds is 7. The Labute approximate surface area is 181 Å². The average molecular weight is 439 g/mol. The minimum atomic E-state index is -3.24. The quantitative estimate of drug-likeness (QED) is 0.525. The van der Waals surface area contributed by atoms with Crippen molar-refractivity contribution in [3.8, 4) is 11.3 Å². The molecule has 0 atom stereocenters. The van der Waals surface area contributed by atoms with Crippen LogP contribution in [0.1, 0.15) is 36.8 Å². The molecular weight excluding hydrogens is 412 g/mol. The summed E-state index contributed by atoms with van der Waals surface area (Å²) in [5.41, 5.74) is 4.29. The van der Waals surface area contributed by atoms with Gasteiger partial charge in [0.25, 0.3) is 0 Å². The molecular formula is C23H26N4O3S. The molecule has 3 aromatic rings. The van der Waals surface area contributed by atoms with Crippen molar-refractivity contribution in [3.05, 3.63) is 47.7 Å². The fourth-order valence-corrected chi connectivity index (χ4v) is 5.80. The predicted octanol–water partition coefficient (Wildman–Crippen LogP) is 3.33. The standard InChI is InChI=1S/C23H26N4O3S/c1-24-12-15-13-25-21(27-22(28)14-7-8-14)20-17(15)11-19(26-20)16-5-3-4-6-18(16)23(9-10-23)31(2,29)30/h3-6,11,13-14,24,26H,7-10,12H2,1-2H3,(H,25,27,28). The Morgan fingerprint density at radius 3 is 2.65 bits per heavy atom. The normalized spacial score (nSPS) is 17.6. The van der Waals surface area contributed by atoms with Gasteiger partial charge in [-0.1, -0.05) is 24.3 Å². The highest BCUT2D eigenvalue weighted by Crippen LogP contribution is 2.55. The van der Waals surface area contributed by atoms with Crippen LogP contribution in [-0.2, 0) is 25.9 Å². The van der Waals surface area contributed by atoms with Crippen LogP contribution in [-0.4, -0.2) is 37.6 Å². The number of sulfone groups is 1. The first-order valence-corrected chi connectivity index (χ1v) is 12.5. The van der Waals surface area contributed by atoms with Crippen molar-refractivity contribution < 1.29 is 13.2 Å². The van der Waals surface area contributed by atoms with Crippen LogP contribution in [0.25, 0.3) is 22.2 Å². The third-order valence-corrected chi connectivity index (χ3v) is 8.48. The number of hydrogen-bond donors (Lipinski definition) is 3. The lowest BCUT2D eigenvalue weighted by atomic mass is 10.00. The lowest BCUT2D eigenvalue weighted by molar-refractivity contribution is -0.117. The van der Waals surface area contributed by atoms with Crippen molar-refractivity contribution in [1.29, 1.82) is 0 Å². The fourth-order valence-electron chi connectivity index (χ4n) is 4.38. The second-order valence-electron chi connectivity index (χ2n) is 8.71. The summed E-state index contributed by atoms with van der Waals surface area (Å²) in [7, 11) is -1.37. The van der Waals surface area contributed by atoms with Gasteiger partial charge in [-0.05, 0) is 49.9 Å². The summed E-state index contributed by atoms with van der Waals surface area (Å²) in [5.74, 6) is 0.592. The van der Waals surface area contributed by atoms with Crippen molar-refractivity contribution in [2.24, 2.45) is 5.92 Å². The van der Waals surface area contributed by atoms with Crippen molar-refractivity contribution >= 4 is 32.5 Å². The monoisotopic (exact) mass is 438 g/mol. The Bertz CT molecular complexity index is 1290. The number of benzene rings is 1. The summed E-state index contributed by atoms with van der Waals surface area (Å²) in [4.78, 5) is 20.3. The molecule has 2 aliphatic rings. The van der Waals surface area contributed by atoms with Gasteiger partial charge in [-0.2, -0.15) is 0 Å². The van der Waals surface area contributed by atoms with E-state index in [1.165, 1.54) is 6.26 Å². The van der Waals surface area contributed by atoms with Gasteiger partial charge in [0, 0.05) is 41.6 Å². The molecule has 1 aromatic carbocycles. The van der Waals surface area contributed by atoms with E-state index < -0.39 is 14.6 Å². The highest BCUT2D eigenvalue weighted by Gasteiger charge is 2.54. The number of H-pyrrole nitrogens is 1. The third kappa shape index (κ3) is 3.43. The smallest absolute Gasteiger partial charge is 0.228 e. The second-order valence-corrected chi connectivity index (χ2v) is 11.0. The fraction of sp³-hybridized carbons (Fsp3) is 0.391. The molecule has 3 N–H and O–H groups in total. The van der Waals surface area contributed by atoms with E-state index in [-0.39, 0.29) is 11.8 Å². The van der Waals surface area contributed by atoms with Gasteiger partial charge in [0.2, 0.25) is 5.91 Å². The molecule has 2 heterocycles.